The molecule has 152 valence electrons. The van der Waals surface area contributed by atoms with Gasteiger partial charge in [-0.15, -0.1) is 11.3 Å². The number of pyridine rings is 1. The molecule has 0 spiro atoms. The van der Waals surface area contributed by atoms with Gasteiger partial charge in [0.1, 0.15) is 22.0 Å². The highest BCUT2D eigenvalue weighted by atomic mass is 32.1. The molecule has 0 saturated carbocycles. The number of hydrogen-bond donors (Lipinski definition) is 1. The Balaban J connectivity index is 2.08. The Labute approximate surface area is 173 Å². The van der Waals surface area contributed by atoms with Crippen molar-refractivity contribution in [2.45, 2.75) is 13.8 Å². The number of thiophene rings is 1. The lowest BCUT2D eigenvalue weighted by Crippen LogP contribution is -2.20. The molecular formula is C21H15FN2O5S. The first kappa shape index (κ1) is 19.7. The maximum atomic E-state index is 13.6. The number of aromatic hydroxyl groups is 1. The fraction of sp³-hybridized carbons (Fsp3) is 0.143. The van der Waals surface area contributed by atoms with Crippen LogP contribution in [0.1, 0.15) is 36.7 Å². The number of ketones is 1. The lowest BCUT2D eigenvalue weighted by molar-refractivity contribution is 0.0602. The normalized spacial score (nSPS) is 11.2. The number of carbonyl (C=O) groups is 2. The minimum absolute atomic E-state index is 0.0422. The number of aromatic nitrogens is 2. The monoisotopic (exact) mass is 426 g/mol. The SMILES string of the molecule is COC(=O)c1cc(C(=O)c2cc(F)ccc2O)cn2c(=O)c3c(C)c(C)sc3nc12. The average molecular weight is 426 g/mol. The molecule has 0 aliphatic rings. The van der Waals surface area contributed by atoms with E-state index in [9.17, 15) is 23.9 Å². The number of halogens is 1. The average Bonchev–Trinajstić information content (AvgIpc) is 3.02. The second-order valence-corrected chi connectivity index (χ2v) is 7.90. The van der Waals surface area contributed by atoms with Crippen LogP contribution in [0.4, 0.5) is 4.39 Å². The number of fused-ring (bicyclic) bond motifs is 2. The summed E-state index contributed by atoms with van der Waals surface area (Å²) in [6, 6.07) is 4.18. The number of aryl methyl sites for hydroxylation is 2. The first-order chi connectivity index (χ1) is 14.2. The van der Waals surface area contributed by atoms with Gasteiger partial charge in [-0.25, -0.2) is 14.2 Å². The minimum Gasteiger partial charge on any atom is -0.507 e. The maximum absolute atomic E-state index is 13.6. The predicted molar refractivity (Wildman–Crippen MR) is 109 cm³/mol. The Morgan fingerprint density at radius 2 is 1.93 bits per heavy atom. The van der Waals surface area contributed by atoms with Gasteiger partial charge in [0, 0.05) is 16.6 Å². The number of ether oxygens (including phenoxy) is 1. The molecule has 3 aromatic heterocycles. The molecule has 0 bridgehead atoms. The summed E-state index contributed by atoms with van der Waals surface area (Å²) in [5.74, 6) is -2.69. The number of phenolic OH excluding ortho intramolecular Hbond substituents is 1. The number of carbonyl (C=O) groups excluding carboxylic acids is 2. The van der Waals surface area contributed by atoms with Crippen LogP contribution >= 0.6 is 11.3 Å². The van der Waals surface area contributed by atoms with Crippen LogP contribution in [-0.4, -0.2) is 33.4 Å². The molecular weight excluding hydrogens is 411 g/mol. The van der Waals surface area contributed by atoms with Gasteiger partial charge in [0.25, 0.3) is 5.56 Å². The third kappa shape index (κ3) is 2.94. The van der Waals surface area contributed by atoms with Crippen molar-refractivity contribution in [3.63, 3.8) is 0 Å². The smallest absolute Gasteiger partial charge is 0.341 e. The van der Waals surface area contributed by atoms with Crippen LogP contribution in [0.2, 0.25) is 0 Å². The predicted octanol–water partition coefficient (Wildman–Crippen LogP) is 3.39. The molecule has 0 saturated heterocycles. The summed E-state index contributed by atoms with van der Waals surface area (Å²) in [5, 5.41) is 10.4. The zero-order valence-corrected chi connectivity index (χ0v) is 17.0. The van der Waals surface area contributed by atoms with Crippen molar-refractivity contribution in [2.24, 2.45) is 0 Å². The lowest BCUT2D eigenvalue weighted by atomic mass is 10.0. The third-order valence-electron chi connectivity index (χ3n) is 4.91. The Hall–Kier alpha value is -3.59. The van der Waals surface area contributed by atoms with Gasteiger partial charge < -0.3 is 9.84 Å². The van der Waals surface area contributed by atoms with E-state index in [1.807, 2.05) is 6.92 Å². The fourth-order valence-electron chi connectivity index (χ4n) is 3.24. The summed E-state index contributed by atoms with van der Waals surface area (Å²) < 4.78 is 19.5. The fourth-order valence-corrected chi connectivity index (χ4v) is 4.26. The quantitative estimate of drug-likeness (QED) is 0.398. The van der Waals surface area contributed by atoms with E-state index >= 15 is 0 Å². The van der Waals surface area contributed by atoms with Crippen LogP contribution < -0.4 is 5.56 Å². The first-order valence-electron chi connectivity index (χ1n) is 8.80. The molecule has 9 heteroatoms. The van der Waals surface area contributed by atoms with Gasteiger partial charge >= 0.3 is 5.97 Å². The van der Waals surface area contributed by atoms with Crippen LogP contribution in [-0.2, 0) is 4.74 Å². The highest BCUT2D eigenvalue weighted by molar-refractivity contribution is 7.18. The molecule has 1 aromatic carbocycles. The summed E-state index contributed by atoms with van der Waals surface area (Å²) in [5.41, 5.74) is -0.129. The Morgan fingerprint density at radius 3 is 2.63 bits per heavy atom. The number of methoxy groups -OCH3 is 1. The van der Waals surface area contributed by atoms with Gasteiger partial charge in [0.05, 0.1) is 18.1 Å². The van der Waals surface area contributed by atoms with Crippen LogP contribution in [0.3, 0.4) is 0 Å². The van der Waals surface area contributed by atoms with Crippen molar-refractivity contribution in [1.82, 2.24) is 9.38 Å². The first-order valence-corrected chi connectivity index (χ1v) is 9.62. The number of esters is 1. The maximum Gasteiger partial charge on any atom is 0.341 e. The second kappa shape index (κ2) is 7.03. The van der Waals surface area contributed by atoms with Crippen molar-refractivity contribution < 1.29 is 23.8 Å². The van der Waals surface area contributed by atoms with E-state index < -0.39 is 28.9 Å². The van der Waals surface area contributed by atoms with E-state index in [1.165, 1.54) is 30.7 Å². The molecule has 0 aliphatic heterocycles. The second-order valence-electron chi connectivity index (χ2n) is 6.70. The molecule has 0 amide bonds. The molecule has 0 atom stereocenters. The van der Waals surface area contributed by atoms with Crippen molar-refractivity contribution in [2.75, 3.05) is 7.11 Å². The lowest BCUT2D eigenvalue weighted by Gasteiger charge is -2.10. The van der Waals surface area contributed by atoms with Crippen molar-refractivity contribution in [1.29, 1.82) is 0 Å². The molecule has 4 rings (SSSR count). The Kier molecular flexibility index (Phi) is 4.62. The van der Waals surface area contributed by atoms with Crippen molar-refractivity contribution in [3.8, 4) is 5.75 Å². The standard InChI is InChI=1S/C21H15FN2O5S/c1-9-10(2)30-19-16(9)20(27)24-8-11(6-14(18(24)23-19)21(28)29-3)17(26)13-7-12(22)4-5-15(13)25/h4-8,25H,1-3H3. The van der Waals surface area contributed by atoms with Gasteiger partial charge in [0.15, 0.2) is 11.4 Å². The molecule has 0 unspecified atom stereocenters. The van der Waals surface area contributed by atoms with E-state index in [2.05, 4.69) is 4.98 Å². The number of hydrogen-bond acceptors (Lipinski definition) is 7. The van der Waals surface area contributed by atoms with Crippen LogP contribution in [0.15, 0.2) is 35.3 Å². The summed E-state index contributed by atoms with van der Waals surface area (Å²) >= 11 is 1.33. The van der Waals surface area contributed by atoms with E-state index in [4.69, 9.17) is 4.74 Å². The summed E-state index contributed by atoms with van der Waals surface area (Å²) in [4.78, 5) is 44.4. The number of phenols is 1. The Bertz CT molecular complexity index is 1440. The molecule has 0 fully saturated rings. The third-order valence-corrected chi connectivity index (χ3v) is 6.02. The molecule has 1 N–H and O–H groups in total. The van der Waals surface area contributed by atoms with Crippen molar-refractivity contribution >= 4 is 39.0 Å². The molecule has 4 aromatic rings. The molecule has 0 radical (unpaired) electrons. The summed E-state index contributed by atoms with van der Waals surface area (Å²) in [6.45, 7) is 3.66. The zero-order valence-electron chi connectivity index (χ0n) is 16.1. The van der Waals surface area contributed by atoms with Gasteiger partial charge in [-0.1, -0.05) is 0 Å². The number of benzene rings is 1. The van der Waals surface area contributed by atoms with Crippen LogP contribution in [0.5, 0.6) is 5.75 Å². The van der Waals surface area contributed by atoms with Gasteiger partial charge in [-0.3, -0.25) is 14.0 Å². The minimum atomic E-state index is -0.790. The zero-order chi connectivity index (χ0) is 21.7. The van der Waals surface area contributed by atoms with Gasteiger partial charge in [0.2, 0.25) is 0 Å². The molecule has 7 nitrogen and oxygen atoms in total. The van der Waals surface area contributed by atoms with Crippen LogP contribution in [0, 0.1) is 19.7 Å². The summed E-state index contributed by atoms with van der Waals surface area (Å²) in [6.07, 6.45) is 1.23. The van der Waals surface area contributed by atoms with Gasteiger partial charge in [-0.05, 0) is 43.7 Å². The van der Waals surface area contributed by atoms with Gasteiger partial charge in [-0.2, -0.15) is 0 Å². The summed E-state index contributed by atoms with van der Waals surface area (Å²) in [7, 11) is 1.17. The Morgan fingerprint density at radius 1 is 1.20 bits per heavy atom. The molecule has 0 aliphatic carbocycles. The van der Waals surface area contributed by atoms with E-state index in [0.29, 0.717) is 10.2 Å². The molecule has 3 heterocycles. The highest BCUT2D eigenvalue weighted by Crippen LogP contribution is 2.28. The van der Waals surface area contributed by atoms with Crippen molar-refractivity contribution in [3.05, 3.63) is 73.8 Å². The van der Waals surface area contributed by atoms with E-state index in [0.717, 1.165) is 33.0 Å². The van der Waals surface area contributed by atoms with Crippen LogP contribution in [0.25, 0.3) is 15.9 Å². The molecule has 30 heavy (non-hydrogen) atoms. The van der Waals surface area contributed by atoms with E-state index in [1.54, 1.807) is 6.92 Å². The number of rotatable bonds is 3. The van der Waals surface area contributed by atoms with E-state index in [-0.39, 0.29) is 22.3 Å². The largest absolute Gasteiger partial charge is 0.507 e. The topological polar surface area (TPSA) is 98.0 Å². The highest BCUT2D eigenvalue weighted by Gasteiger charge is 2.23. The number of nitrogens with zero attached hydrogens (tertiary/aromatic N) is 2.